The molecule has 1 aliphatic heterocycles. The molecule has 0 radical (unpaired) electrons. The van der Waals surface area contributed by atoms with Gasteiger partial charge in [-0.15, -0.1) is 0 Å². The number of ether oxygens (including phenoxy) is 1. The zero-order valence-electron chi connectivity index (χ0n) is 14.2. The molecule has 5 nitrogen and oxygen atoms in total. The van der Waals surface area contributed by atoms with Crippen LogP contribution in [0.5, 0.6) is 0 Å². The number of carbonyl (C=O) groups is 1. The van der Waals surface area contributed by atoms with E-state index < -0.39 is 6.10 Å². The van der Waals surface area contributed by atoms with Crippen LogP contribution in [-0.4, -0.2) is 47.9 Å². The van der Waals surface area contributed by atoms with E-state index in [4.69, 9.17) is 4.74 Å². The zero-order valence-corrected chi connectivity index (χ0v) is 14.2. The van der Waals surface area contributed by atoms with E-state index in [9.17, 15) is 9.90 Å². The number of carbonyl (C=O) groups excluding carboxylic acids is 1. The van der Waals surface area contributed by atoms with Gasteiger partial charge < -0.3 is 20.1 Å². The fraction of sp³-hybridized carbons (Fsp3) is 0.632. The average Bonchev–Trinajstić information content (AvgIpc) is 2.63. The Balaban J connectivity index is 1.59. The highest BCUT2D eigenvalue weighted by Crippen LogP contribution is 2.23. The Hall–Kier alpha value is -1.59. The van der Waals surface area contributed by atoms with Crippen molar-refractivity contribution in [2.45, 2.75) is 56.7 Å². The zero-order chi connectivity index (χ0) is 16.8. The number of rotatable bonds is 4. The van der Waals surface area contributed by atoms with Crippen LogP contribution in [0.3, 0.4) is 0 Å². The summed E-state index contributed by atoms with van der Waals surface area (Å²) in [5.74, 6) is 0. The van der Waals surface area contributed by atoms with Crippen LogP contribution in [0.2, 0.25) is 0 Å². The van der Waals surface area contributed by atoms with E-state index in [-0.39, 0.29) is 12.1 Å². The molecule has 24 heavy (non-hydrogen) atoms. The van der Waals surface area contributed by atoms with Gasteiger partial charge in [0.25, 0.3) is 0 Å². The summed E-state index contributed by atoms with van der Waals surface area (Å²) in [6.07, 6.45) is 5.75. The summed E-state index contributed by atoms with van der Waals surface area (Å²) in [5.41, 5.74) is 0.885. The van der Waals surface area contributed by atoms with E-state index in [1.54, 1.807) is 0 Å². The molecule has 0 unspecified atom stereocenters. The van der Waals surface area contributed by atoms with Crippen molar-refractivity contribution in [2.75, 3.05) is 19.8 Å². The van der Waals surface area contributed by atoms with Crippen molar-refractivity contribution in [1.29, 1.82) is 0 Å². The third kappa shape index (κ3) is 4.48. The minimum absolute atomic E-state index is 0.00420. The molecule has 3 rings (SSSR count). The normalized spacial score (nSPS) is 23.7. The second kappa shape index (κ2) is 8.49. The fourth-order valence-corrected chi connectivity index (χ4v) is 3.69. The van der Waals surface area contributed by atoms with Gasteiger partial charge in [0.05, 0.1) is 25.4 Å². The predicted octanol–water partition coefficient (Wildman–Crippen LogP) is 2.85. The van der Waals surface area contributed by atoms with Gasteiger partial charge in [0.2, 0.25) is 0 Å². The van der Waals surface area contributed by atoms with E-state index in [1.165, 1.54) is 19.3 Å². The number of nitrogens with one attached hydrogen (secondary N) is 1. The van der Waals surface area contributed by atoms with Crippen LogP contribution in [0.25, 0.3) is 0 Å². The Morgan fingerprint density at radius 1 is 1.25 bits per heavy atom. The van der Waals surface area contributed by atoms with Crippen molar-refractivity contribution in [2.24, 2.45) is 0 Å². The number of aliphatic hydroxyl groups excluding tert-OH is 1. The molecule has 1 aromatic carbocycles. The average molecular weight is 332 g/mol. The SMILES string of the molecule is O=C(NC1CCCCC1)N1CCOC[C@@H]1C[C@H](O)c1ccccc1. The summed E-state index contributed by atoms with van der Waals surface area (Å²) in [5, 5.41) is 13.7. The van der Waals surface area contributed by atoms with Gasteiger partial charge in [-0.2, -0.15) is 0 Å². The highest BCUT2D eigenvalue weighted by molar-refractivity contribution is 5.75. The maximum Gasteiger partial charge on any atom is 0.318 e. The molecule has 2 atom stereocenters. The van der Waals surface area contributed by atoms with Crippen molar-refractivity contribution >= 4 is 6.03 Å². The molecule has 0 spiro atoms. The summed E-state index contributed by atoms with van der Waals surface area (Å²) in [7, 11) is 0. The summed E-state index contributed by atoms with van der Waals surface area (Å²) >= 11 is 0. The molecule has 2 fully saturated rings. The number of morpholine rings is 1. The predicted molar refractivity (Wildman–Crippen MR) is 92.7 cm³/mol. The molecule has 2 N–H and O–H groups in total. The first-order chi connectivity index (χ1) is 11.7. The summed E-state index contributed by atoms with van der Waals surface area (Å²) in [4.78, 5) is 14.5. The molecule has 2 aliphatic rings. The van der Waals surface area contributed by atoms with Gasteiger partial charge in [-0.05, 0) is 18.4 Å². The number of benzene rings is 1. The second-order valence-corrected chi connectivity index (χ2v) is 6.87. The van der Waals surface area contributed by atoms with E-state index >= 15 is 0 Å². The number of amides is 2. The molecule has 1 heterocycles. The van der Waals surface area contributed by atoms with E-state index in [0.29, 0.717) is 32.2 Å². The van der Waals surface area contributed by atoms with Crippen LogP contribution >= 0.6 is 0 Å². The molecule has 132 valence electrons. The minimum Gasteiger partial charge on any atom is -0.388 e. The third-order valence-electron chi connectivity index (χ3n) is 5.10. The largest absolute Gasteiger partial charge is 0.388 e. The van der Waals surface area contributed by atoms with Crippen LogP contribution in [0.1, 0.15) is 50.2 Å². The van der Waals surface area contributed by atoms with Gasteiger partial charge >= 0.3 is 6.03 Å². The molecule has 1 aromatic rings. The summed E-state index contributed by atoms with van der Waals surface area (Å²) in [6, 6.07) is 9.82. The highest BCUT2D eigenvalue weighted by Gasteiger charge is 2.30. The lowest BCUT2D eigenvalue weighted by Crippen LogP contribution is -2.54. The lowest BCUT2D eigenvalue weighted by atomic mass is 9.95. The van der Waals surface area contributed by atoms with Gasteiger partial charge in [0, 0.05) is 19.0 Å². The van der Waals surface area contributed by atoms with Gasteiger partial charge in [-0.1, -0.05) is 49.6 Å². The quantitative estimate of drug-likeness (QED) is 0.891. The number of aliphatic hydroxyl groups is 1. The minimum atomic E-state index is -0.581. The molecule has 0 bridgehead atoms. The molecular weight excluding hydrogens is 304 g/mol. The Kier molecular flexibility index (Phi) is 6.10. The number of hydrogen-bond donors (Lipinski definition) is 2. The molecule has 2 amide bonds. The first-order valence-corrected chi connectivity index (χ1v) is 9.12. The highest BCUT2D eigenvalue weighted by atomic mass is 16.5. The molecule has 1 aliphatic carbocycles. The molecule has 1 saturated carbocycles. The van der Waals surface area contributed by atoms with Gasteiger partial charge in [-0.25, -0.2) is 4.79 Å². The van der Waals surface area contributed by atoms with Crippen LogP contribution in [-0.2, 0) is 4.74 Å². The van der Waals surface area contributed by atoms with Gasteiger partial charge in [-0.3, -0.25) is 0 Å². The van der Waals surface area contributed by atoms with Crippen LogP contribution in [0.15, 0.2) is 30.3 Å². The summed E-state index contributed by atoms with van der Waals surface area (Å²) in [6.45, 7) is 1.64. The van der Waals surface area contributed by atoms with Gasteiger partial charge in [0.1, 0.15) is 0 Å². The van der Waals surface area contributed by atoms with Crippen molar-refractivity contribution in [3.63, 3.8) is 0 Å². The van der Waals surface area contributed by atoms with Crippen molar-refractivity contribution < 1.29 is 14.6 Å². The first kappa shape index (κ1) is 17.2. The van der Waals surface area contributed by atoms with Crippen LogP contribution in [0.4, 0.5) is 4.79 Å². The van der Waals surface area contributed by atoms with E-state index in [1.807, 2.05) is 35.2 Å². The monoisotopic (exact) mass is 332 g/mol. The lowest BCUT2D eigenvalue weighted by molar-refractivity contribution is -0.00761. The number of nitrogens with zero attached hydrogens (tertiary/aromatic N) is 1. The van der Waals surface area contributed by atoms with Gasteiger partial charge in [0.15, 0.2) is 0 Å². The van der Waals surface area contributed by atoms with Crippen LogP contribution in [0, 0.1) is 0 Å². The fourth-order valence-electron chi connectivity index (χ4n) is 3.69. The standard InChI is InChI=1S/C19H28N2O3/c22-18(15-7-3-1-4-8-15)13-17-14-24-12-11-21(17)19(23)20-16-9-5-2-6-10-16/h1,3-4,7-8,16-18,22H,2,5-6,9-14H2,(H,20,23)/t17-,18-/m0/s1. The molecular formula is C19H28N2O3. The first-order valence-electron chi connectivity index (χ1n) is 9.12. The van der Waals surface area contributed by atoms with Crippen LogP contribution < -0.4 is 5.32 Å². The number of urea groups is 1. The van der Waals surface area contributed by atoms with Crippen molar-refractivity contribution in [3.8, 4) is 0 Å². The van der Waals surface area contributed by atoms with E-state index in [0.717, 1.165) is 18.4 Å². The maximum absolute atomic E-state index is 12.7. The topological polar surface area (TPSA) is 61.8 Å². The Labute approximate surface area is 144 Å². The Morgan fingerprint density at radius 3 is 2.75 bits per heavy atom. The summed E-state index contributed by atoms with van der Waals surface area (Å²) < 4.78 is 5.56. The molecule has 0 aromatic heterocycles. The Morgan fingerprint density at radius 2 is 2.00 bits per heavy atom. The second-order valence-electron chi connectivity index (χ2n) is 6.87. The van der Waals surface area contributed by atoms with Crippen molar-refractivity contribution in [3.05, 3.63) is 35.9 Å². The lowest BCUT2D eigenvalue weighted by Gasteiger charge is -2.38. The van der Waals surface area contributed by atoms with E-state index in [2.05, 4.69) is 5.32 Å². The smallest absolute Gasteiger partial charge is 0.318 e. The maximum atomic E-state index is 12.7. The molecule has 5 heteroatoms. The third-order valence-corrected chi connectivity index (χ3v) is 5.10. The number of hydrogen-bond acceptors (Lipinski definition) is 3. The Bertz CT molecular complexity index is 517. The molecule has 1 saturated heterocycles. The van der Waals surface area contributed by atoms with Crippen molar-refractivity contribution in [1.82, 2.24) is 10.2 Å².